The maximum atomic E-state index is 12.3. The molecule has 0 N–H and O–H groups in total. The molecule has 2 rings (SSSR count). The maximum absolute atomic E-state index is 12.3. The van der Waals surface area contributed by atoms with Crippen molar-refractivity contribution in [1.29, 1.82) is 0 Å². The maximum Gasteiger partial charge on any atom is 0.278 e. The lowest BCUT2D eigenvalue weighted by atomic mass is 10.2. The van der Waals surface area contributed by atoms with Crippen molar-refractivity contribution < 1.29 is 8.42 Å². The molecule has 1 aromatic heterocycles. The second-order valence-electron chi connectivity index (χ2n) is 4.14. The Balaban J connectivity index is 2.21. The van der Waals surface area contributed by atoms with Crippen LogP contribution in [0.5, 0.6) is 0 Å². The van der Waals surface area contributed by atoms with Gasteiger partial charge < -0.3 is 0 Å². The van der Waals surface area contributed by atoms with Gasteiger partial charge in [-0.2, -0.15) is 17.9 Å². The summed E-state index contributed by atoms with van der Waals surface area (Å²) in [6.07, 6.45) is 1.53. The molecule has 0 bridgehead atoms. The molecule has 2 aromatic rings. The normalized spacial score (nSPS) is 11.9. The van der Waals surface area contributed by atoms with E-state index in [2.05, 4.69) is 21.0 Å². The minimum atomic E-state index is -3.59. The quantitative estimate of drug-likeness (QED) is 0.609. The third-order valence-corrected chi connectivity index (χ3v) is 5.82. The summed E-state index contributed by atoms with van der Waals surface area (Å²) in [4.78, 5) is 1.11. The van der Waals surface area contributed by atoms with E-state index in [9.17, 15) is 8.42 Å². The van der Waals surface area contributed by atoms with E-state index < -0.39 is 10.0 Å². The predicted octanol–water partition coefficient (Wildman–Crippen LogP) is 3.47. The summed E-state index contributed by atoms with van der Waals surface area (Å²) in [7, 11) is -2.17. The van der Waals surface area contributed by atoms with Gasteiger partial charge in [0.05, 0.1) is 14.9 Å². The smallest absolute Gasteiger partial charge is 0.200 e. The van der Waals surface area contributed by atoms with Gasteiger partial charge in [0.15, 0.2) is 0 Å². The first-order chi connectivity index (χ1) is 9.39. The molecule has 1 heterocycles. The topological polar surface area (TPSA) is 49.7 Å². The second-order valence-corrected chi connectivity index (χ2v) is 8.58. The first-order valence-electron chi connectivity index (χ1n) is 5.74. The lowest BCUT2D eigenvalue weighted by Gasteiger charge is -2.13. The molecular weight excluding hydrogens is 360 g/mol. The molecule has 7 heteroatoms. The summed E-state index contributed by atoms with van der Waals surface area (Å²) in [5, 5.41) is 3.99. The molecule has 0 fully saturated rings. The fourth-order valence-corrected chi connectivity index (χ4v) is 3.71. The van der Waals surface area contributed by atoms with Gasteiger partial charge in [0.2, 0.25) is 0 Å². The number of rotatable bonds is 4. The number of halogens is 1. The van der Waals surface area contributed by atoms with Gasteiger partial charge in [-0.25, -0.2) is 0 Å². The molecule has 0 aliphatic carbocycles. The van der Waals surface area contributed by atoms with E-state index in [4.69, 9.17) is 0 Å². The molecule has 0 atom stereocenters. The molecule has 0 aliphatic rings. The van der Waals surface area contributed by atoms with Crippen LogP contribution >= 0.6 is 27.3 Å². The summed E-state index contributed by atoms with van der Waals surface area (Å²) in [6, 6.07) is 10.4. The zero-order valence-electron chi connectivity index (χ0n) is 10.9. The Hall–Kier alpha value is -1.18. The standard InChI is InChI=1S/C13H13BrN2O2S2/c1-10-3-6-12(7-4-10)20(17,18)16(2)15-9-11-5-8-13(14)19-11/h3-9H,1-2H3. The highest BCUT2D eigenvalue weighted by Crippen LogP contribution is 2.21. The van der Waals surface area contributed by atoms with Gasteiger partial charge in [-0.15, -0.1) is 11.3 Å². The van der Waals surface area contributed by atoms with E-state index in [1.54, 1.807) is 24.3 Å². The first kappa shape index (κ1) is 15.2. The lowest BCUT2D eigenvalue weighted by Crippen LogP contribution is -2.21. The number of hydrogen-bond donors (Lipinski definition) is 0. The SMILES string of the molecule is Cc1ccc(S(=O)(=O)N(C)N=Cc2ccc(Br)s2)cc1. The van der Waals surface area contributed by atoms with Crippen molar-refractivity contribution in [2.24, 2.45) is 5.10 Å². The van der Waals surface area contributed by atoms with E-state index in [1.165, 1.54) is 24.6 Å². The van der Waals surface area contributed by atoms with Gasteiger partial charge in [0, 0.05) is 11.9 Å². The molecule has 4 nitrogen and oxygen atoms in total. The highest BCUT2D eigenvalue weighted by molar-refractivity contribution is 9.11. The average molecular weight is 373 g/mol. The van der Waals surface area contributed by atoms with Crippen LogP contribution in [0.2, 0.25) is 0 Å². The number of benzene rings is 1. The zero-order valence-corrected chi connectivity index (χ0v) is 14.2. The molecule has 0 unspecified atom stereocenters. The van der Waals surface area contributed by atoms with Gasteiger partial charge in [-0.05, 0) is 47.1 Å². The molecule has 0 radical (unpaired) electrons. The monoisotopic (exact) mass is 372 g/mol. The van der Waals surface area contributed by atoms with Crippen molar-refractivity contribution in [3.05, 3.63) is 50.6 Å². The summed E-state index contributed by atoms with van der Waals surface area (Å²) in [6.45, 7) is 1.91. The Labute approximate surface area is 130 Å². The second kappa shape index (κ2) is 6.07. The minimum Gasteiger partial charge on any atom is -0.200 e. The van der Waals surface area contributed by atoms with Crippen LogP contribution in [-0.2, 0) is 10.0 Å². The molecule has 0 spiro atoms. The minimum absolute atomic E-state index is 0.232. The van der Waals surface area contributed by atoms with E-state index in [1.807, 2.05) is 19.1 Å². The fourth-order valence-electron chi connectivity index (χ4n) is 1.46. The van der Waals surface area contributed by atoms with E-state index in [0.717, 1.165) is 18.6 Å². The molecule has 0 saturated carbocycles. The fraction of sp³-hybridized carbons (Fsp3) is 0.154. The molecule has 0 amide bonds. The van der Waals surface area contributed by atoms with Gasteiger partial charge in [0.1, 0.15) is 0 Å². The van der Waals surface area contributed by atoms with E-state index in [-0.39, 0.29) is 4.90 Å². The Bertz CT molecular complexity index is 721. The molecular formula is C13H13BrN2O2S2. The molecule has 0 aliphatic heterocycles. The van der Waals surface area contributed by atoms with E-state index in [0.29, 0.717) is 0 Å². The zero-order chi connectivity index (χ0) is 14.8. The Kier molecular flexibility index (Phi) is 4.62. The highest BCUT2D eigenvalue weighted by Gasteiger charge is 2.18. The van der Waals surface area contributed by atoms with Crippen LogP contribution in [0, 0.1) is 6.92 Å². The van der Waals surface area contributed by atoms with Crippen LogP contribution in [0.3, 0.4) is 0 Å². The van der Waals surface area contributed by atoms with Crippen LogP contribution in [0.4, 0.5) is 0 Å². The number of hydrogen-bond acceptors (Lipinski definition) is 4. The van der Waals surface area contributed by atoms with Crippen LogP contribution in [-0.4, -0.2) is 26.1 Å². The van der Waals surface area contributed by atoms with Crippen LogP contribution in [0.1, 0.15) is 10.4 Å². The molecule has 20 heavy (non-hydrogen) atoms. The Morgan fingerprint density at radius 2 is 1.85 bits per heavy atom. The van der Waals surface area contributed by atoms with Gasteiger partial charge >= 0.3 is 0 Å². The number of aryl methyl sites for hydroxylation is 1. The van der Waals surface area contributed by atoms with Crippen LogP contribution < -0.4 is 0 Å². The summed E-state index contributed by atoms with van der Waals surface area (Å²) in [5.41, 5.74) is 1.01. The summed E-state index contributed by atoms with van der Waals surface area (Å²) < 4.78 is 26.5. The third kappa shape index (κ3) is 3.47. The van der Waals surface area contributed by atoms with Crippen molar-refractivity contribution in [3.8, 4) is 0 Å². The first-order valence-corrected chi connectivity index (χ1v) is 8.79. The summed E-state index contributed by atoms with van der Waals surface area (Å²) >= 11 is 4.83. The Morgan fingerprint density at radius 1 is 1.20 bits per heavy atom. The van der Waals surface area contributed by atoms with Crippen molar-refractivity contribution in [2.45, 2.75) is 11.8 Å². The van der Waals surface area contributed by atoms with E-state index >= 15 is 0 Å². The number of thiophene rings is 1. The van der Waals surface area contributed by atoms with Crippen molar-refractivity contribution >= 4 is 43.5 Å². The summed E-state index contributed by atoms with van der Waals surface area (Å²) in [5.74, 6) is 0. The van der Waals surface area contributed by atoms with Crippen molar-refractivity contribution in [2.75, 3.05) is 7.05 Å². The number of hydrazone groups is 1. The molecule has 1 aromatic carbocycles. The molecule has 106 valence electrons. The molecule has 0 saturated heterocycles. The van der Waals surface area contributed by atoms with Crippen LogP contribution in [0.15, 0.2) is 50.2 Å². The van der Waals surface area contributed by atoms with Crippen molar-refractivity contribution in [1.82, 2.24) is 4.41 Å². The van der Waals surface area contributed by atoms with Gasteiger partial charge in [-0.1, -0.05) is 17.7 Å². The predicted molar refractivity (Wildman–Crippen MR) is 85.7 cm³/mol. The average Bonchev–Trinajstić information content (AvgIpc) is 2.82. The van der Waals surface area contributed by atoms with Gasteiger partial charge in [0.25, 0.3) is 10.0 Å². The van der Waals surface area contributed by atoms with Crippen molar-refractivity contribution in [3.63, 3.8) is 0 Å². The largest absolute Gasteiger partial charge is 0.278 e. The van der Waals surface area contributed by atoms with Crippen LogP contribution in [0.25, 0.3) is 0 Å². The number of nitrogens with zero attached hydrogens (tertiary/aromatic N) is 2. The Morgan fingerprint density at radius 3 is 2.40 bits per heavy atom. The third-order valence-electron chi connectivity index (χ3n) is 2.61. The number of sulfonamides is 1. The lowest BCUT2D eigenvalue weighted by molar-refractivity contribution is 0.491. The van der Waals surface area contributed by atoms with Gasteiger partial charge in [-0.3, -0.25) is 0 Å². The highest BCUT2D eigenvalue weighted by atomic mass is 79.9.